The number of ether oxygens (including phenoxy) is 1. The van der Waals surface area contributed by atoms with Crippen LogP contribution in [0.3, 0.4) is 0 Å². The van der Waals surface area contributed by atoms with E-state index >= 15 is 0 Å². The first-order valence-corrected chi connectivity index (χ1v) is 8.70. The number of ketones is 1. The highest BCUT2D eigenvalue weighted by Gasteiger charge is 2.16. The summed E-state index contributed by atoms with van der Waals surface area (Å²) in [5.74, 6) is -1.02. The lowest BCUT2D eigenvalue weighted by molar-refractivity contribution is 0.0444. The number of esters is 1. The minimum absolute atomic E-state index is 0.223. The van der Waals surface area contributed by atoms with Crippen LogP contribution in [-0.4, -0.2) is 18.4 Å². The number of rotatable bonds is 5. The average Bonchev–Trinajstić information content (AvgIpc) is 2.66. The number of carbonyl (C=O) groups is 2. The number of hydrogen-bond donors (Lipinski definition) is 0. The Hall–Kier alpha value is -3.21. The van der Waals surface area contributed by atoms with Crippen LogP contribution in [0, 0.1) is 6.92 Å². The maximum Gasteiger partial charge on any atom is 0.374 e. The highest BCUT2D eigenvalue weighted by atomic mass is 16.5. The molecule has 0 atom stereocenters. The summed E-state index contributed by atoms with van der Waals surface area (Å²) in [7, 11) is 0. The van der Waals surface area contributed by atoms with Crippen molar-refractivity contribution in [2.24, 2.45) is 0 Å². The van der Waals surface area contributed by atoms with Gasteiger partial charge in [0.1, 0.15) is 5.58 Å². The number of benzene rings is 2. The van der Waals surface area contributed by atoms with Crippen molar-refractivity contribution in [3.05, 3.63) is 81.2 Å². The molecule has 0 aliphatic rings. The van der Waals surface area contributed by atoms with Gasteiger partial charge in [-0.05, 0) is 30.5 Å². The van der Waals surface area contributed by atoms with Gasteiger partial charge in [-0.15, -0.1) is 0 Å². The highest BCUT2D eigenvalue weighted by molar-refractivity contribution is 5.99. The summed E-state index contributed by atoms with van der Waals surface area (Å²) < 4.78 is 10.5. The lowest BCUT2D eigenvalue weighted by Crippen LogP contribution is -2.16. The molecule has 0 aliphatic carbocycles. The number of Topliss-reactive ketones (excluding diaryl/α,β-unsaturated/α-hetero) is 1. The fourth-order valence-corrected chi connectivity index (χ4v) is 2.71. The summed E-state index contributed by atoms with van der Waals surface area (Å²) in [5.41, 5.74) is 2.47. The Bertz CT molecular complexity index is 1060. The normalized spacial score (nSPS) is 11.0. The van der Waals surface area contributed by atoms with E-state index in [1.807, 2.05) is 19.1 Å². The van der Waals surface area contributed by atoms with Crippen LogP contribution in [0.2, 0.25) is 0 Å². The molecule has 0 N–H and O–H groups in total. The van der Waals surface area contributed by atoms with Crippen molar-refractivity contribution in [1.29, 1.82) is 0 Å². The molecular formula is C22H20O5. The molecule has 3 aromatic rings. The molecule has 0 bridgehead atoms. The van der Waals surface area contributed by atoms with Gasteiger partial charge in [0.15, 0.2) is 17.8 Å². The van der Waals surface area contributed by atoms with Crippen molar-refractivity contribution in [3.63, 3.8) is 0 Å². The van der Waals surface area contributed by atoms with E-state index in [-0.39, 0.29) is 17.0 Å². The summed E-state index contributed by atoms with van der Waals surface area (Å²) in [6.45, 7) is 5.57. The zero-order chi connectivity index (χ0) is 19.6. The van der Waals surface area contributed by atoms with Crippen LogP contribution in [0.4, 0.5) is 0 Å². The predicted molar refractivity (Wildman–Crippen MR) is 102 cm³/mol. The van der Waals surface area contributed by atoms with E-state index < -0.39 is 12.6 Å². The molecule has 1 heterocycles. The van der Waals surface area contributed by atoms with Crippen LogP contribution in [0.25, 0.3) is 11.0 Å². The van der Waals surface area contributed by atoms with E-state index in [2.05, 4.69) is 13.8 Å². The van der Waals surface area contributed by atoms with E-state index in [0.717, 1.165) is 17.2 Å². The van der Waals surface area contributed by atoms with Crippen molar-refractivity contribution in [1.82, 2.24) is 0 Å². The van der Waals surface area contributed by atoms with Gasteiger partial charge in [-0.1, -0.05) is 49.7 Å². The fourth-order valence-electron chi connectivity index (χ4n) is 2.71. The number of fused-ring (bicyclic) bond motifs is 1. The summed E-state index contributed by atoms with van der Waals surface area (Å²) in [4.78, 5) is 36.6. The van der Waals surface area contributed by atoms with E-state index in [9.17, 15) is 14.4 Å². The quantitative estimate of drug-likeness (QED) is 0.499. The molecule has 0 amide bonds. The first-order valence-electron chi connectivity index (χ1n) is 8.70. The summed E-state index contributed by atoms with van der Waals surface area (Å²) in [6.07, 6.45) is 0. The SMILES string of the molecule is Cc1ccc2oc(C(=O)OCC(=O)c3ccc(C(C)C)cc3)cc(=O)c2c1. The first-order chi connectivity index (χ1) is 12.8. The van der Waals surface area contributed by atoms with Crippen LogP contribution in [-0.2, 0) is 4.74 Å². The Balaban J connectivity index is 1.72. The predicted octanol–water partition coefficient (Wildman–Crippen LogP) is 4.26. The van der Waals surface area contributed by atoms with Crippen molar-refractivity contribution in [2.45, 2.75) is 26.7 Å². The number of carbonyl (C=O) groups excluding carboxylic acids is 2. The molecule has 0 unspecified atom stereocenters. The van der Waals surface area contributed by atoms with Crippen LogP contribution in [0.1, 0.15) is 51.8 Å². The molecule has 5 nitrogen and oxygen atoms in total. The van der Waals surface area contributed by atoms with Crippen molar-refractivity contribution < 1.29 is 18.7 Å². The summed E-state index contributed by atoms with van der Waals surface area (Å²) in [6, 6.07) is 13.4. The zero-order valence-corrected chi connectivity index (χ0v) is 15.4. The molecule has 0 radical (unpaired) electrons. The van der Waals surface area contributed by atoms with Gasteiger partial charge in [0, 0.05) is 11.6 Å². The van der Waals surface area contributed by atoms with Gasteiger partial charge in [0.05, 0.1) is 5.39 Å². The smallest absolute Gasteiger partial charge is 0.374 e. The topological polar surface area (TPSA) is 73.6 Å². The second-order valence-corrected chi connectivity index (χ2v) is 6.75. The van der Waals surface area contributed by atoms with Gasteiger partial charge in [0.25, 0.3) is 0 Å². The molecule has 138 valence electrons. The fraction of sp³-hybridized carbons (Fsp3) is 0.227. The van der Waals surface area contributed by atoms with Crippen LogP contribution < -0.4 is 5.43 Å². The molecule has 0 spiro atoms. The third-order valence-electron chi connectivity index (χ3n) is 4.32. The minimum Gasteiger partial charge on any atom is -0.451 e. The Morgan fingerprint density at radius 3 is 2.41 bits per heavy atom. The second-order valence-electron chi connectivity index (χ2n) is 6.75. The third-order valence-corrected chi connectivity index (χ3v) is 4.32. The zero-order valence-electron chi connectivity index (χ0n) is 15.4. The number of hydrogen-bond acceptors (Lipinski definition) is 5. The molecule has 0 saturated carbocycles. The van der Waals surface area contributed by atoms with Crippen molar-refractivity contribution in [2.75, 3.05) is 6.61 Å². The summed E-state index contributed by atoms with van der Waals surface area (Å²) >= 11 is 0. The standard InChI is InChI=1S/C22H20O5/c1-13(2)15-5-7-16(8-6-15)19(24)12-26-22(25)21-11-18(23)17-10-14(3)4-9-20(17)27-21/h4-11,13H,12H2,1-3H3. The molecule has 0 saturated heterocycles. The third kappa shape index (κ3) is 4.14. The van der Waals surface area contributed by atoms with Gasteiger partial charge in [0.2, 0.25) is 5.76 Å². The van der Waals surface area contributed by atoms with Crippen LogP contribution in [0.5, 0.6) is 0 Å². The molecule has 3 rings (SSSR count). The Morgan fingerprint density at radius 2 is 1.74 bits per heavy atom. The van der Waals surface area contributed by atoms with E-state index in [4.69, 9.17) is 9.15 Å². The van der Waals surface area contributed by atoms with Crippen LogP contribution >= 0.6 is 0 Å². The van der Waals surface area contributed by atoms with Gasteiger partial charge < -0.3 is 9.15 Å². The van der Waals surface area contributed by atoms with Crippen LogP contribution in [0.15, 0.2) is 57.7 Å². The number of aryl methyl sites for hydroxylation is 1. The Labute approximate surface area is 156 Å². The molecule has 1 aromatic heterocycles. The maximum atomic E-state index is 12.2. The maximum absolute atomic E-state index is 12.2. The van der Waals surface area contributed by atoms with Gasteiger partial charge >= 0.3 is 5.97 Å². The summed E-state index contributed by atoms with van der Waals surface area (Å²) in [5, 5.41) is 0.396. The lowest BCUT2D eigenvalue weighted by Gasteiger charge is -2.07. The molecule has 5 heteroatoms. The highest BCUT2D eigenvalue weighted by Crippen LogP contribution is 2.16. The van der Waals surface area contributed by atoms with Gasteiger partial charge in [-0.25, -0.2) is 4.79 Å². The van der Waals surface area contributed by atoms with Crippen molar-refractivity contribution in [3.8, 4) is 0 Å². The average molecular weight is 364 g/mol. The molecular weight excluding hydrogens is 344 g/mol. The van der Waals surface area contributed by atoms with E-state index in [1.54, 1.807) is 30.3 Å². The molecule has 0 fully saturated rings. The van der Waals surface area contributed by atoms with E-state index in [0.29, 0.717) is 22.5 Å². The minimum atomic E-state index is -0.846. The molecule has 2 aromatic carbocycles. The van der Waals surface area contributed by atoms with Gasteiger partial charge in [-0.3, -0.25) is 9.59 Å². The molecule has 0 aliphatic heterocycles. The van der Waals surface area contributed by atoms with E-state index in [1.165, 1.54) is 0 Å². The lowest BCUT2D eigenvalue weighted by atomic mass is 10.0. The Kier molecular flexibility index (Phi) is 5.21. The van der Waals surface area contributed by atoms with Crippen molar-refractivity contribution >= 4 is 22.7 Å². The monoisotopic (exact) mass is 364 g/mol. The largest absolute Gasteiger partial charge is 0.451 e. The van der Waals surface area contributed by atoms with Gasteiger partial charge in [-0.2, -0.15) is 0 Å². The first kappa shape index (κ1) is 18.6. The Morgan fingerprint density at radius 1 is 1.04 bits per heavy atom. The second kappa shape index (κ2) is 7.58. The molecule has 27 heavy (non-hydrogen) atoms.